The lowest BCUT2D eigenvalue weighted by molar-refractivity contribution is 0.355. The van der Waals surface area contributed by atoms with Crippen LogP contribution in [0.3, 0.4) is 0 Å². The second kappa shape index (κ2) is 20.2. The van der Waals surface area contributed by atoms with Gasteiger partial charge in [0.25, 0.3) is 0 Å². The van der Waals surface area contributed by atoms with Crippen molar-refractivity contribution in [2.24, 2.45) is 5.92 Å². The summed E-state index contributed by atoms with van der Waals surface area (Å²) < 4.78 is 40.7. The Bertz CT molecular complexity index is 2250. The van der Waals surface area contributed by atoms with E-state index in [4.69, 9.17) is 21.6 Å². The van der Waals surface area contributed by atoms with Crippen LogP contribution in [-0.4, -0.2) is 103 Å². The fourth-order valence-electron chi connectivity index (χ4n) is 7.50. The van der Waals surface area contributed by atoms with Gasteiger partial charge in [0.15, 0.2) is 5.96 Å². The van der Waals surface area contributed by atoms with Crippen molar-refractivity contribution in [2.45, 2.75) is 45.4 Å². The molecule has 2 aromatic heterocycles. The minimum Gasteiger partial charge on any atom is -0.370 e. The molecule has 0 amide bonds. The molecular weight excluding hydrogens is 768 g/mol. The third-order valence-corrected chi connectivity index (χ3v) is 10.8. The van der Waals surface area contributed by atoms with Gasteiger partial charge in [0, 0.05) is 93.9 Å². The molecule has 2 aromatic carbocycles. The summed E-state index contributed by atoms with van der Waals surface area (Å²) in [5, 5.41) is 50.6. The highest BCUT2D eigenvalue weighted by molar-refractivity contribution is 5.91. The molecule has 4 heterocycles. The fraction of sp³-hybridized carbons (Fsp3) is 0.364. The van der Waals surface area contributed by atoms with Crippen LogP contribution in [0.15, 0.2) is 60.9 Å². The molecule has 4 aromatic rings. The van der Waals surface area contributed by atoms with E-state index in [9.17, 15) is 23.7 Å². The highest BCUT2D eigenvalue weighted by Crippen LogP contribution is 2.46. The molecule has 0 radical (unpaired) electrons. The summed E-state index contributed by atoms with van der Waals surface area (Å²) in [5.41, 5.74) is 6.16. The lowest BCUT2D eigenvalue weighted by atomic mass is 9.92. The first-order valence-corrected chi connectivity index (χ1v) is 19.9. The molecule has 312 valence electrons. The quantitative estimate of drug-likeness (QED) is 0.0780. The Morgan fingerprint density at radius 3 is 1.78 bits per heavy atom. The highest BCUT2D eigenvalue weighted by atomic mass is 19.1. The standard InChI is InChI=1S/C22H24FN7.C20H20F2N6.C2H6/c1-28(14-25)22(26)30-10-8-29(9-11-30)21-18(16-4-7-20(23)27-13-16)6-5-17(15-2-3-15)19(21)12-24;1-27(12-24)20(25)13-4-6-28(7-5-13)19-15(10-23)8-16(21)9-17(19)14-2-3-18(22)26-11-14;1-2/h4-7,13-15,25-26H,2-3,8-11H2,1H3;2-3,8-9,11-13,24-25H,4-7H2,1H3;1-2H3. The average Bonchev–Trinajstić information content (AvgIpc) is 4.14. The number of anilines is 2. The largest absolute Gasteiger partial charge is 0.370 e. The van der Waals surface area contributed by atoms with Gasteiger partial charge in [-0.15, -0.1) is 0 Å². The van der Waals surface area contributed by atoms with E-state index in [0.29, 0.717) is 92.2 Å². The first kappa shape index (κ1) is 44.3. The van der Waals surface area contributed by atoms with Crippen LogP contribution >= 0.6 is 0 Å². The van der Waals surface area contributed by atoms with E-state index in [-0.39, 0.29) is 11.5 Å². The maximum absolute atomic E-state index is 14.1. The van der Waals surface area contributed by atoms with Crippen molar-refractivity contribution in [2.75, 3.05) is 63.2 Å². The van der Waals surface area contributed by atoms with Gasteiger partial charge in [-0.3, -0.25) is 21.6 Å². The number of rotatable bonds is 8. The zero-order valence-electron chi connectivity index (χ0n) is 34.3. The highest BCUT2D eigenvalue weighted by Gasteiger charge is 2.32. The van der Waals surface area contributed by atoms with Gasteiger partial charge in [-0.2, -0.15) is 19.3 Å². The number of hydrogen-bond donors (Lipinski definition) is 4. The molecule has 2 aliphatic heterocycles. The lowest BCUT2D eigenvalue weighted by Gasteiger charge is -2.39. The van der Waals surface area contributed by atoms with Crippen molar-refractivity contribution in [3.8, 4) is 34.4 Å². The summed E-state index contributed by atoms with van der Waals surface area (Å²) in [6.45, 7) is 7.71. The number of pyridine rings is 2. The molecule has 1 saturated carbocycles. The van der Waals surface area contributed by atoms with Gasteiger partial charge in [-0.25, -0.2) is 14.4 Å². The van der Waals surface area contributed by atoms with Crippen molar-refractivity contribution in [3.63, 3.8) is 0 Å². The molecule has 60 heavy (non-hydrogen) atoms. The fourth-order valence-corrected chi connectivity index (χ4v) is 7.50. The van der Waals surface area contributed by atoms with E-state index in [1.54, 1.807) is 20.2 Å². The molecule has 2 saturated heterocycles. The third kappa shape index (κ3) is 10.1. The predicted octanol–water partition coefficient (Wildman–Crippen LogP) is 7.89. The van der Waals surface area contributed by atoms with Crippen LogP contribution in [0.5, 0.6) is 0 Å². The molecule has 0 spiro atoms. The Kier molecular flexibility index (Phi) is 14.9. The number of hydrogen-bond acceptors (Lipinski definition) is 10. The Hall–Kier alpha value is -6.81. The number of amidine groups is 1. The zero-order valence-corrected chi connectivity index (χ0v) is 34.3. The summed E-state index contributed by atoms with van der Waals surface area (Å²) in [5.74, 6) is -0.560. The Labute approximate surface area is 349 Å². The van der Waals surface area contributed by atoms with Gasteiger partial charge in [0.2, 0.25) is 11.9 Å². The summed E-state index contributed by atoms with van der Waals surface area (Å²) in [4.78, 5) is 16.5. The molecule has 0 atom stereocenters. The van der Waals surface area contributed by atoms with Crippen molar-refractivity contribution in [1.29, 1.82) is 32.2 Å². The lowest BCUT2D eigenvalue weighted by Crippen LogP contribution is -2.52. The smallest absolute Gasteiger partial charge is 0.212 e. The van der Waals surface area contributed by atoms with E-state index in [0.717, 1.165) is 47.9 Å². The van der Waals surface area contributed by atoms with Gasteiger partial charge in [0.05, 0.1) is 35.2 Å². The zero-order chi connectivity index (χ0) is 43.5. The third-order valence-electron chi connectivity index (χ3n) is 10.8. The van der Waals surface area contributed by atoms with Gasteiger partial charge in [-0.1, -0.05) is 26.0 Å². The number of benzene rings is 2. The van der Waals surface area contributed by atoms with Crippen LogP contribution in [-0.2, 0) is 0 Å². The maximum Gasteiger partial charge on any atom is 0.212 e. The summed E-state index contributed by atoms with van der Waals surface area (Å²) in [6.07, 6.45) is 8.65. The number of nitrogens with zero attached hydrogens (tertiary/aromatic N) is 9. The molecule has 7 rings (SSSR count). The number of nitrogens with one attached hydrogen (secondary N) is 4. The van der Waals surface area contributed by atoms with Crippen molar-refractivity contribution in [1.82, 2.24) is 24.7 Å². The van der Waals surface area contributed by atoms with E-state index in [1.165, 1.54) is 52.5 Å². The molecule has 13 nitrogen and oxygen atoms in total. The van der Waals surface area contributed by atoms with Gasteiger partial charge in [0.1, 0.15) is 23.8 Å². The van der Waals surface area contributed by atoms with Crippen LogP contribution < -0.4 is 9.80 Å². The second-order valence-corrected chi connectivity index (χ2v) is 14.4. The monoisotopic (exact) mass is 817 g/mol. The van der Waals surface area contributed by atoms with Crippen LogP contribution in [0.4, 0.5) is 24.5 Å². The minimum absolute atomic E-state index is 0.0183. The van der Waals surface area contributed by atoms with E-state index < -0.39 is 17.7 Å². The van der Waals surface area contributed by atoms with Crippen LogP contribution in [0, 0.1) is 67.9 Å². The molecule has 4 N–H and O–H groups in total. The van der Waals surface area contributed by atoms with Crippen LogP contribution in [0.2, 0.25) is 0 Å². The number of piperidine rings is 1. The summed E-state index contributed by atoms with van der Waals surface area (Å²) >= 11 is 0. The first-order chi connectivity index (χ1) is 29.0. The summed E-state index contributed by atoms with van der Waals surface area (Å²) in [6, 6.07) is 16.8. The molecule has 3 fully saturated rings. The maximum atomic E-state index is 14.1. The normalized spacial score (nSPS) is 14.9. The number of piperazine rings is 1. The minimum atomic E-state index is -0.628. The Morgan fingerprint density at radius 2 is 1.28 bits per heavy atom. The molecule has 1 aliphatic carbocycles. The average molecular weight is 818 g/mol. The first-order valence-electron chi connectivity index (χ1n) is 19.9. The van der Waals surface area contributed by atoms with Gasteiger partial charge in [-0.05, 0) is 73.6 Å². The second-order valence-electron chi connectivity index (χ2n) is 14.4. The van der Waals surface area contributed by atoms with Crippen molar-refractivity contribution < 1.29 is 13.2 Å². The topological polar surface area (TPSA) is 185 Å². The van der Waals surface area contributed by atoms with E-state index in [1.807, 2.05) is 35.8 Å². The van der Waals surface area contributed by atoms with Gasteiger partial charge >= 0.3 is 0 Å². The molecule has 0 unspecified atom stereocenters. The van der Waals surface area contributed by atoms with Crippen molar-refractivity contribution >= 4 is 35.8 Å². The van der Waals surface area contributed by atoms with Crippen LogP contribution in [0.1, 0.15) is 62.1 Å². The number of aromatic nitrogens is 2. The molecule has 3 aliphatic rings. The number of halogens is 3. The number of guanidine groups is 1. The molecular formula is C44H50F3N13. The SMILES string of the molecule is CC.CN(C=N)C(=N)C1CCN(c2c(C#N)cc(F)cc2-c2ccc(F)nc2)CC1.CN(C=N)C(=N)N1CCN(c2c(-c3ccc(F)nc3)ccc(C3CC3)c2C#N)CC1. The van der Waals surface area contributed by atoms with E-state index >= 15 is 0 Å². The Balaban J connectivity index is 0.000000219. The molecule has 0 bridgehead atoms. The van der Waals surface area contributed by atoms with E-state index in [2.05, 4.69) is 27.0 Å². The number of nitriles is 2. The van der Waals surface area contributed by atoms with Crippen LogP contribution in [0.25, 0.3) is 22.3 Å². The van der Waals surface area contributed by atoms with Gasteiger partial charge < -0.3 is 24.5 Å². The Morgan fingerprint density at radius 1 is 0.717 bits per heavy atom. The molecule has 16 heteroatoms. The summed E-state index contributed by atoms with van der Waals surface area (Å²) in [7, 11) is 3.36. The van der Waals surface area contributed by atoms with Crippen molar-refractivity contribution in [3.05, 3.63) is 95.3 Å². The predicted molar refractivity (Wildman–Crippen MR) is 229 cm³/mol.